The van der Waals surface area contributed by atoms with Crippen molar-refractivity contribution in [3.8, 4) is 0 Å². The number of fused-ring (bicyclic) bond motifs is 1. The molecule has 2 aliphatic heterocycles. The molecule has 10 unspecified atom stereocenters. The number of amides is 4. The van der Waals surface area contributed by atoms with Crippen LogP contribution in [0.3, 0.4) is 0 Å². The molecule has 7 aliphatic carbocycles. The minimum atomic E-state index is -0.514. The zero-order chi connectivity index (χ0) is 33.2. The quantitative estimate of drug-likeness (QED) is 0.318. The van der Waals surface area contributed by atoms with Gasteiger partial charge in [-0.3, -0.25) is 24.1 Å². The minimum Gasteiger partial charge on any atom is -0.285 e. The summed E-state index contributed by atoms with van der Waals surface area (Å²) < 4.78 is 0. The van der Waals surface area contributed by atoms with Crippen LogP contribution in [-0.2, 0) is 24.6 Å². The van der Waals surface area contributed by atoms with E-state index < -0.39 is 23.7 Å². The Morgan fingerprint density at radius 3 is 1.60 bits per heavy atom. The summed E-state index contributed by atoms with van der Waals surface area (Å²) in [6.07, 6.45) is 6.48. The van der Waals surface area contributed by atoms with Crippen LogP contribution in [0.1, 0.15) is 121 Å². The number of nitrogens with zero attached hydrogens (tertiary/aromatic N) is 2. The maximum atomic E-state index is 14.6. The SMILES string of the molecule is Cc1cc2c(c(C)c1N1C(=O)C3C4CCC(C5C(=O)N(C)C(=O)C45)C3C1=O)C1c3c(cc(C)c(C(C)(C)C)c3C)C2C2CCCCC12. The molecule has 6 fully saturated rings. The van der Waals surface area contributed by atoms with Crippen LogP contribution in [0.2, 0.25) is 0 Å². The lowest BCUT2D eigenvalue weighted by atomic mass is 9.49. The molecule has 0 spiro atoms. The molecule has 6 heteroatoms. The number of hydrogen-bond acceptors (Lipinski definition) is 4. The first-order valence-corrected chi connectivity index (χ1v) is 18.2. The Labute approximate surface area is 278 Å². The highest BCUT2D eigenvalue weighted by Gasteiger charge is 2.70. The highest BCUT2D eigenvalue weighted by Crippen LogP contribution is 2.66. The number of rotatable bonds is 1. The van der Waals surface area contributed by atoms with E-state index in [9.17, 15) is 19.2 Å². The van der Waals surface area contributed by atoms with E-state index in [2.05, 4.69) is 60.6 Å². The molecule has 2 heterocycles. The largest absolute Gasteiger partial charge is 0.285 e. The summed E-state index contributed by atoms with van der Waals surface area (Å²) in [7, 11) is 1.56. The first kappa shape index (κ1) is 29.8. The second-order valence-electron chi connectivity index (χ2n) is 17.4. The number of carbonyl (C=O) groups is 4. The Morgan fingerprint density at radius 1 is 0.596 bits per heavy atom. The van der Waals surface area contributed by atoms with Gasteiger partial charge in [0.15, 0.2) is 0 Å². The van der Waals surface area contributed by atoms with Gasteiger partial charge in [0.1, 0.15) is 0 Å². The fourth-order valence-electron chi connectivity index (χ4n) is 13.2. The van der Waals surface area contributed by atoms with Crippen molar-refractivity contribution in [2.75, 3.05) is 11.9 Å². The van der Waals surface area contributed by atoms with Gasteiger partial charge in [-0.05, 0) is 133 Å². The first-order valence-electron chi connectivity index (χ1n) is 18.2. The average molecular weight is 633 g/mol. The molecule has 0 radical (unpaired) electrons. The van der Waals surface area contributed by atoms with Gasteiger partial charge in [0.25, 0.3) is 0 Å². The van der Waals surface area contributed by atoms with Gasteiger partial charge in [-0.25, -0.2) is 4.90 Å². The summed E-state index contributed by atoms with van der Waals surface area (Å²) in [5, 5.41) is 0. The molecule has 2 saturated heterocycles. The zero-order valence-electron chi connectivity index (χ0n) is 29.2. The lowest BCUT2D eigenvalue weighted by Crippen LogP contribution is -2.53. The Balaban J connectivity index is 1.21. The monoisotopic (exact) mass is 632 g/mol. The van der Waals surface area contributed by atoms with Gasteiger partial charge in [0.05, 0.1) is 29.4 Å². The lowest BCUT2D eigenvalue weighted by molar-refractivity contribution is -0.148. The molecule has 47 heavy (non-hydrogen) atoms. The standard InChI is InChI=1S/C41H48N2O4/c1-17-15-25-27(19(3)35(17)41(5,6)7)30-22-12-10-9-11-21(22)29(25)26-16-18(2)36(20(4)28(26)30)43-39(46)33-23-13-14-24(34(33)40(43)47)32-31(23)37(44)42(8)38(32)45/h15-16,21-24,29-34H,9-14H2,1-8H3. The Kier molecular flexibility index (Phi) is 6.00. The summed E-state index contributed by atoms with van der Waals surface area (Å²) >= 11 is 0. The summed E-state index contributed by atoms with van der Waals surface area (Å²) in [4.78, 5) is 58.5. The number of likely N-dealkylation sites (tertiary alicyclic amines) is 1. The van der Waals surface area contributed by atoms with E-state index in [1.54, 1.807) is 7.05 Å². The van der Waals surface area contributed by atoms with E-state index in [0.717, 1.165) is 29.7 Å². The van der Waals surface area contributed by atoms with Gasteiger partial charge >= 0.3 is 0 Å². The molecule has 9 aliphatic rings. The molecule has 0 N–H and O–H groups in total. The van der Waals surface area contributed by atoms with E-state index >= 15 is 0 Å². The van der Waals surface area contributed by atoms with Crippen molar-refractivity contribution in [2.45, 2.75) is 104 Å². The number of carbonyl (C=O) groups excluding carboxylic acids is 4. The van der Waals surface area contributed by atoms with Crippen LogP contribution in [-0.4, -0.2) is 35.6 Å². The summed E-state index contributed by atoms with van der Waals surface area (Å²) in [6.45, 7) is 15.9. The van der Waals surface area contributed by atoms with Crippen LogP contribution in [0.25, 0.3) is 0 Å². The second kappa shape index (κ2) is 9.45. The second-order valence-corrected chi connectivity index (χ2v) is 17.4. The number of imide groups is 2. The molecule has 2 aromatic carbocycles. The molecule has 11 rings (SSSR count). The van der Waals surface area contributed by atoms with Crippen LogP contribution in [0.4, 0.5) is 5.69 Å². The predicted octanol–water partition coefficient (Wildman–Crippen LogP) is 6.99. The van der Waals surface area contributed by atoms with Gasteiger partial charge in [-0.15, -0.1) is 0 Å². The predicted molar refractivity (Wildman–Crippen MR) is 180 cm³/mol. The van der Waals surface area contributed by atoms with E-state index in [4.69, 9.17) is 0 Å². The average Bonchev–Trinajstić information content (AvgIpc) is 3.42. The molecule has 4 amide bonds. The maximum Gasteiger partial charge on any atom is 0.238 e. The normalized spacial score (nSPS) is 36.5. The maximum absolute atomic E-state index is 14.6. The van der Waals surface area contributed by atoms with Crippen molar-refractivity contribution in [3.63, 3.8) is 0 Å². The molecule has 6 nitrogen and oxygen atoms in total. The van der Waals surface area contributed by atoms with E-state index in [1.165, 1.54) is 74.4 Å². The van der Waals surface area contributed by atoms with Crippen molar-refractivity contribution in [3.05, 3.63) is 62.2 Å². The number of hydrogen-bond donors (Lipinski definition) is 0. The van der Waals surface area contributed by atoms with Crippen LogP contribution in [0.5, 0.6) is 0 Å². The molecular weight excluding hydrogens is 584 g/mol. The van der Waals surface area contributed by atoms with Gasteiger partial charge in [-0.2, -0.15) is 0 Å². The fraction of sp³-hybridized carbons (Fsp3) is 0.610. The van der Waals surface area contributed by atoms with Crippen molar-refractivity contribution < 1.29 is 19.2 Å². The minimum absolute atomic E-state index is 0.0298. The number of anilines is 1. The fourth-order valence-corrected chi connectivity index (χ4v) is 13.2. The highest BCUT2D eigenvalue weighted by atomic mass is 16.2. The third-order valence-electron chi connectivity index (χ3n) is 14.4. The van der Waals surface area contributed by atoms with Crippen molar-refractivity contribution in [1.82, 2.24) is 4.90 Å². The van der Waals surface area contributed by atoms with Crippen LogP contribution < -0.4 is 4.90 Å². The Morgan fingerprint density at radius 2 is 1.06 bits per heavy atom. The Bertz CT molecular complexity index is 1800. The number of aryl methyl sites for hydroxylation is 2. The summed E-state index contributed by atoms with van der Waals surface area (Å²) in [6, 6.07) is 4.84. The van der Waals surface area contributed by atoms with Crippen molar-refractivity contribution >= 4 is 29.3 Å². The Hall–Kier alpha value is -3.28. The lowest BCUT2D eigenvalue weighted by Gasteiger charge is -2.55. The molecular formula is C41H48N2O4. The molecule has 246 valence electrons. The third-order valence-corrected chi connectivity index (χ3v) is 14.4. The van der Waals surface area contributed by atoms with E-state index in [1.807, 2.05) is 0 Å². The van der Waals surface area contributed by atoms with E-state index in [-0.39, 0.29) is 46.8 Å². The first-order chi connectivity index (χ1) is 22.3. The summed E-state index contributed by atoms with van der Waals surface area (Å²) in [5.41, 5.74) is 12.9. The van der Waals surface area contributed by atoms with E-state index in [0.29, 0.717) is 17.8 Å². The molecule has 4 saturated carbocycles. The highest BCUT2D eigenvalue weighted by molar-refractivity contribution is 6.24. The number of benzene rings is 2. The molecule has 2 aromatic rings. The van der Waals surface area contributed by atoms with Crippen molar-refractivity contribution in [2.24, 2.45) is 47.3 Å². The van der Waals surface area contributed by atoms with Gasteiger partial charge in [0.2, 0.25) is 23.6 Å². The van der Waals surface area contributed by atoms with Gasteiger partial charge < -0.3 is 0 Å². The van der Waals surface area contributed by atoms with Gasteiger partial charge in [-0.1, -0.05) is 45.7 Å². The molecule has 4 bridgehead atoms. The topological polar surface area (TPSA) is 74.8 Å². The van der Waals surface area contributed by atoms with Crippen LogP contribution in [0.15, 0.2) is 12.1 Å². The smallest absolute Gasteiger partial charge is 0.238 e. The molecule has 10 atom stereocenters. The van der Waals surface area contributed by atoms with Crippen LogP contribution in [0, 0.1) is 75.0 Å². The van der Waals surface area contributed by atoms with Gasteiger partial charge in [0, 0.05) is 18.9 Å². The zero-order valence-corrected chi connectivity index (χ0v) is 29.2. The third kappa shape index (κ3) is 3.48. The van der Waals surface area contributed by atoms with Crippen LogP contribution >= 0.6 is 0 Å². The van der Waals surface area contributed by atoms with Crippen molar-refractivity contribution in [1.29, 1.82) is 0 Å². The molecule has 0 aromatic heterocycles. The summed E-state index contributed by atoms with van der Waals surface area (Å²) in [5.74, 6) is -1.28.